The van der Waals surface area contributed by atoms with Gasteiger partial charge in [0, 0.05) is 23.8 Å². The maximum atomic E-state index is 13.3. The highest BCUT2D eigenvalue weighted by Crippen LogP contribution is 2.51. The third kappa shape index (κ3) is 1.80. The Bertz CT molecular complexity index is 786. The molecule has 1 spiro atoms. The van der Waals surface area contributed by atoms with Crippen LogP contribution in [-0.4, -0.2) is 35.2 Å². The first-order valence-corrected chi connectivity index (χ1v) is 9.17. The molecule has 2 N–H and O–H groups in total. The monoisotopic (exact) mass is 339 g/mol. The van der Waals surface area contributed by atoms with Gasteiger partial charge >= 0.3 is 0 Å². The van der Waals surface area contributed by atoms with Gasteiger partial charge in [-0.1, -0.05) is 37.5 Å². The van der Waals surface area contributed by atoms with Crippen molar-refractivity contribution in [1.29, 1.82) is 0 Å². The van der Waals surface area contributed by atoms with Crippen LogP contribution in [0.3, 0.4) is 0 Å². The van der Waals surface area contributed by atoms with Crippen molar-refractivity contribution in [2.75, 3.05) is 11.9 Å². The molecule has 3 heterocycles. The Kier molecular flexibility index (Phi) is 3.10. The molecule has 0 radical (unpaired) electrons. The van der Waals surface area contributed by atoms with Crippen LogP contribution < -0.4 is 10.6 Å². The molecule has 3 fully saturated rings. The molecule has 1 saturated carbocycles. The smallest absolute Gasteiger partial charge is 0.250 e. The molecule has 1 aliphatic carbocycles. The molecule has 1 aromatic rings. The van der Waals surface area contributed by atoms with Gasteiger partial charge in [-0.3, -0.25) is 24.6 Å². The molecule has 1 aromatic carbocycles. The van der Waals surface area contributed by atoms with E-state index >= 15 is 0 Å². The van der Waals surface area contributed by atoms with Gasteiger partial charge in [0.1, 0.15) is 5.54 Å². The summed E-state index contributed by atoms with van der Waals surface area (Å²) in [5, 5.41) is 6.13. The minimum Gasteiger partial charge on any atom is -0.324 e. The predicted molar refractivity (Wildman–Crippen MR) is 90.5 cm³/mol. The number of carbonyl (C=O) groups is 3. The Hall–Kier alpha value is -2.21. The van der Waals surface area contributed by atoms with Crippen LogP contribution in [0.15, 0.2) is 24.3 Å². The van der Waals surface area contributed by atoms with Crippen LogP contribution in [0.4, 0.5) is 5.69 Å². The number of carbonyl (C=O) groups excluding carboxylic acids is 3. The lowest BCUT2D eigenvalue weighted by atomic mass is 9.77. The van der Waals surface area contributed by atoms with Gasteiger partial charge in [0.25, 0.3) is 0 Å². The average molecular weight is 339 g/mol. The van der Waals surface area contributed by atoms with E-state index in [4.69, 9.17) is 0 Å². The van der Waals surface area contributed by atoms with Gasteiger partial charge in [-0.25, -0.2) is 0 Å². The van der Waals surface area contributed by atoms with E-state index in [0.717, 1.165) is 36.9 Å². The van der Waals surface area contributed by atoms with E-state index in [9.17, 15) is 14.4 Å². The van der Waals surface area contributed by atoms with E-state index in [2.05, 4.69) is 10.6 Å². The lowest BCUT2D eigenvalue weighted by Gasteiger charge is -2.33. The molecule has 0 unspecified atom stereocenters. The summed E-state index contributed by atoms with van der Waals surface area (Å²) in [6.07, 6.45) is 5.06. The number of amides is 3. The summed E-state index contributed by atoms with van der Waals surface area (Å²) in [6, 6.07) is 7.47. The van der Waals surface area contributed by atoms with Crippen molar-refractivity contribution in [3.63, 3.8) is 0 Å². The quantitative estimate of drug-likeness (QED) is 0.758. The summed E-state index contributed by atoms with van der Waals surface area (Å²) in [6.45, 7) is 0.375. The topological polar surface area (TPSA) is 78.5 Å². The van der Waals surface area contributed by atoms with Crippen molar-refractivity contribution in [3.05, 3.63) is 29.8 Å². The lowest BCUT2D eigenvalue weighted by molar-refractivity contribution is -0.145. The first kappa shape index (κ1) is 15.1. The average Bonchev–Trinajstić information content (AvgIpc) is 3.24. The number of para-hydroxylation sites is 1. The summed E-state index contributed by atoms with van der Waals surface area (Å²) in [7, 11) is 0. The van der Waals surface area contributed by atoms with Crippen LogP contribution in [0.5, 0.6) is 0 Å². The molecule has 130 valence electrons. The number of likely N-dealkylation sites (tertiary alicyclic amines) is 1. The molecular formula is C19H21N3O3. The minimum atomic E-state index is -1.10. The van der Waals surface area contributed by atoms with Crippen LogP contribution in [-0.2, 0) is 19.9 Å². The van der Waals surface area contributed by atoms with Crippen molar-refractivity contribution in [2.45, 2.75) is 43.7 Å². The van der Waals surface area contributed by atoms with Crippen LogP contribution >= 0.6 is 0 Å². The highest BCUT2D eigenvalue weighted by molar-refractivity contribution is 6.15. The van der Waals surface area contributed by atoms with Crippen molar-refractivity contribution >= 4 is 23.4 Å². The van der Waals surface area contributed by atoms with E-state index in [1.807, 2.05) is 24.3 Å². The number of hydrogen-bond acceptors (Lipinski definition) is 4. The molecule has 5 rings (SSSR count). The van der Waals surface area contributed by atoms with Crippen LogP contribution in [0, 0.1) is 11.8 Å². The Balaban J connectivity index is 1.57. The first-order chi connectivity index (χ1) is 12.1. The Morgan fingerprint density at radius 1 is 1.00 bits per heavy atom. The second-order valence-corrected chi connectivity index (χ2v) is 7.61. The number of nitrogens with one attached hydrogen (secondary N) is 2. The fraction of sp³-hybridized carbons (Fsp3) is 0.526. The Morgan fingerprint density at radius 3 is 2.56 bits per heavy atom. The summed E-state index contributed by atoms with van der Waals surface area (Å²) < 4.78 is 0. The van der Waals surface area contributed by atoms with E-state index in [-0.39, 0.29) is 23.8 Å². The van der Waals surface area contributed by atoms with E-state index in [0.29, 0.717) is 6.54 Å². The molecule has 3 aliphatic heterocycles. The van der Waals surface area contributed by atoms with E-state index in [1.165, 1.54) is 11.3 Å². The number of anilines is 1. The first-order valence-electron chi connectivity index (χ1n) is 9.17. The van der Waals surface area contributed by atoms with Gasteiger partial charge in [-0.05, 0) is 18.9 Å². The summed E-state index contributed by atoms with van der Waals surface area (Å²) in [5.41, 5.74) is 0.424. The SMILES string of the molecule is O=C1[C@@H]2[C@@H](CN[C@]23C(=O)Nc2ccccc23)C(=O)N1C1CCCCC1. The molecule has 6 nitrogen and oxygen atoms in total. The molecule has 6 heteroatoms. The zero-order valence-electron chi connectivity index (χ0n) is 14.0. The lowest BCUT2D eigenvalue weighted by Crippen LogP contribution is -2.53. The number of nitrogens with zero attached hydrogens (tertiary/aromatic N) is 1. The van der Waals surface area contributed by atoms with Gasteiger partial charge < -0.3 is 5.32 Å². The molecule has 2 saturated heterocycles. The summed E-state index contributed by atoms with van der Waals surface area (Å²) in [5.74, 6) is -1.55. The van der Waals surface area contributed by atoms with Crippen LogP contribution in [0.1, 0.15) is 37.7 Å². The van der Waals surface area contributed by atoms with Crippen molar-refractivity contribution in [1.82, 2.24) is 10.2 Å². The number of fused-ring (bicyclic) bond motifs is 4. The maximum Gasteiger partial charge on any atom is 0.250 e. The number of hydrogen-bond donors (Lipinski definition) is 2. The zero-order chi connectivity index (χ0) is 17.2. The van der Waals surface area contributed by atoms with Crippen molar-refractivity contribution < 1.29 is 14.4 Å². The molecule has 25 heavy (non-hydrogen) atoms. The highest BCUT2D eigenvalue weighted by atomic mass is 16.2. The molecule has 3 amide bonds. The minimum absolute atomic E-state index is 0.0103. The molecule has 0 bridgehead atoms. The Labute approximate surface area is 145 Å². The fourth-order valence-corrected chi connectivity index (χ4v) is 5.29. The second-order valence-electron chi connectivity index (χ2n) is 7.61. The van der Waals surface area contributed by atoms with Gasteiger partial charge in [0.05, 0.1) is 11.8 Å². The summed E-state index contributed by atoms with van der Waals surface area (Å²) in [4.78, 5) is 40.7. The third-order valence-electron chi connectivity index (χ3n) is 6.43. The Morgan fingerprint density at radius 2 is 1.76 bits per heavy atom. The predicted octanol–water partition coefficient (Wildman–Crippen LogP) is 1.37. The third-order valence-corrected chi connectivity index (χ3v) is 6.43. The normalized spacial score (nSPS) is 34.6. The fourth-order valence-electron chi connectivity index (χ4n) is 5.29. The van der Waals surface area contributed by atoms with Gasteiger partial charge in [-0.2, -0.15) is 0 Å². The van der Waals surface area contributed by atoms with E-state index in [1.54, 1.807) is 0 Å². The number of rotatable bonds is 1. The number of imide groups is 1. The largest absolute Gasteiger partial charge is 0.324 e. The van der Waals surface area contributed by atoms with Crippen molar-refractivity contribution in [2.24, 2.45) is 11.8 Å². The van der Waals surface area contributed by atoms with Crippen LogP contribution in [0.2, 0.25) is 0 Å². The van der Waals surface area contributed by atoms with Crippen molar-refractivity contribution in [3.8, 4) is 0 Å². The summed E-state index contributed by atoms with van der Waals surface area (Å²) >= 11 is 0. The van der Waals surface area contributed by atoms with Crippen LogP contribution in [0.25, 0.3) is 0 Å². The standard InChI is InChI=1S/C19H21N3O3/c23-16-12-10-20-19(13-8-4-5-9-14(13)21-18(19)25)15(12)17(24)22(16)11-6-2-1-3-7-11/h4-5,8-9,11-12,15,20H,1-3,6-7,10H2,(H,21,25)/t12-,15+,19+/m1/s1. The zero-order valence-corrected chi connectivity index (χ0v) is 14.0. The van der Waals surface area contributed by atoms with Gasteiger partial charge in [0.2, 0.25) is 17.7 Å². The highest BCUT2D eigenvalue weighted by Gasteiger charge is 2.68. The second kappa shape index (κ2) is 5.14. The van der Waals surface area contributed by atoms with Gasteiger partial charge in [0.15, 0.2) is 0 Å². The van der Waals surface area contributed by atoms with Gasteiger partial charge in [-0.15, -0.1) is 0 Å². The molecule has 0 aromatic heterocycles. The molecular weight excluding hydrogens is 318 g/mol. The number of benzene rings is 1. The maximum absolute atomic E-state index is 13.3. The molecule has 4 aliphatic rings. The van der Waals surface area contributed by atoms with E-state index < -0.39 is 17.4 Å². The molecule has 3 atom stereocenters.